The molecular formula is C15H10Cl2N2O. The molecule has 0 fully saturated rings. The largest absolute Gasteiger partial charge is 0.437 e. The van der Waals surface area contributed by atoms with E-state index in [2.05, 4.69) is 9.97 Å². The summed E-state index contributed by atoms with van der Waals surface area (Å²) >= 11 is 11.8. The molecule has 0 amide bonds. The maximum absolute atomic E-state index is 5.93. The van der Waals surface area contributed by atoms with Gasteiger partial charge in [-0.3, -0.25) is 4.98 Å². The van der Waals surface area contributed by atoms with Crippen molar-refractivity contribution in [1.82, 2.24) is 9.97 Å². The Balaban J connectivity index is 2.08. The van der Waals surface area contributed by atoms with Crippen LogP contribution in [0, 0.1) is 0 Å². The van der Waals surface area contributed by atoms with Crippen molar-refractivity contribution in [3.63, 3.8) is 0 Å². The van der Waals surface area contributed by atoms with Crippen molar-refractivity contribution in [2.75, 3.05) is 0 Å². The molecule has 0 spiro atoms. The van der Waals surface area contributed by atoms with E-state index >= 15 is 0 Å². The van der Waals surface area contributed by atoms with E-state index in [0.717, 1.165) is 16.3 Å². The zero-order valence-corrected chi connectivity index (χ0v) is 11.9. The Hall–Kier alpha value is -1.84. The molecule has 2 heterocycles. The lowest BCUT2D eigenvalue weighted by Gasteiger charge is -2.09. The van der Waals surface area contributed by atoms with Gasteiger partial charge in [0.1, 0.15) is 5.75 Å². The second-order valence-electron chi connectivity index (χ2n) is 4.21. The number of alkyl halides is 1. The Labute approximate surface area is 126 Å². The second kappa shape index (κ2) is 5.65. The van der Waals surface area contributed by atoms with Crippen LogP contribution in [0.4, 0.5) is 0 Å². The number of hydrogen-bond donors (Lipinski definition) is 0. The van der Waals surface area contributed by atoms with Crippen LogP contribution in [0.25, 0.3) is 10.8 Å². The van der Waals surface area contributed by atoms with Crippen LogP contribution in [-0.2, 0) is 5.88 Å². The Morgan fingerprint density at radius 1 is 1.05 bits per heavy atom. The highest BCUT2D eigenvalue weighted by Gasteiger charge is 2.09. The summed E-state index contributed by atoms with van der Waals surface area (Å²) in [6.07, 6.45) is 4.87. The SMILES string of the molecule is ClCc1cnc(Oc2cncc(Cl)c2)c2ccccc12. The van der Waals surface area contributed by atoms with E-state index in [4.69, 9.17) is 27.9 Å². The minimum atomic E-state index is 0.409. The van der Waals surface area contributed by atoms with E-state index in [1.54, 1.807) is 24.7 Å². The van der Waals surface area contributed by atoms with Crippen LogP contribution < -0.4 is 4.74 Å². The van der Waals surface area contributed by atoms with Gasteiger partial charge in [0.25, 0.3) is 0 Å². The summed E-state index contributed by atoms with van der Waals surface area (Å²) in [6, 6.07) is 9.54. The van der Waals surface area contributed by atoms with Gasteiger partial charge in [0.2, 0.25) is 5.88 Å². The summed E-state index contributed by atoms with van der Waals surface area (Å²) in [5.41, 5.74) is 0.971. The number of nitrogens with zero attached hydrogens (tertiary/aromatic N) is 2. The third kappa shape index (κ3) is 2.55. The lowest BCUT2D eigenvalue weighted by atomic mass is 10.1. The molecule has 0 saturated heterocycles. The maximum atomic E-state index is 5.93. The zero-order valence-electron chi connectivity index (χ0n) is 10.4. The number of fused-ring (bicyclic) bond motifs is 1. The molecule has 5 heteroatoms. The maximum Gasteiger partial charge on any atom is 0.227 e. The van der Waals surface area contributed by atoms with Crippen LogP contribution >= 0.6 is 23.2 Å². The van der Waals surface area contributed by atoms with E-state index in [-0.39, 0.29) is 0 Å². The summed E-state index contributed by atoms with van der Waals surface area (Å²) in [6.45, 7) is 0. The molecule has 3 rings (SSSR count). The van der Waals surface area contributed by atoms with Crippen LogP contribution in [0.3, 0.4) is 0 Å². The van der Waals surface area contributed by atoms with Crippen LogP contribution in [0.1, 0.15) is 5.56 Å². The van der Waals surface area contributed by atoms with Crippen LogP contribution in [0.15, 0.2) is 48.9 Å². The smallest absolute Gasteiger partial charge is 0.227 e. The molecule has 0 bridgehead atoms. The summed E-state index contributed by atoms with van der Waals surface area (Å²) in [5.74, 6) is 1.47. The molecule has 2 aromatic heterocycles. The summed E-state index contributed by atoms with van der Waals surface area (Å²) in [4.78, 5) is 8.31. The summed E-state index contributed by atoms with van der Waals surface area (Å²) < 4.78 is 5.77. The molecule has 3 aromatic rings. The molecule has 0 atom stereocenters. The van der Waals surface area contributed by atoms with Crippen molar-refractivity contribution in [1.29, 1.82) is 0 Å². The van der Waals surface area contributed by atoms with Crippen molar-refractivity contribution in [2.45, 2.75) is 5.88 Å². The van der Waals surface area contributed by atoms with E-state index in [0.29, 0.717) is 22.5 Å². The average Bonchev–Trinajstić information content (AvgIpc) is 2.48. The normalized spacial score (nSPS) is 10.7. The van der Waals surface area contributed by atoms with Gasteiger partial charge in [-0.05, 0) is 17.0 Å². The van der Waals surface area contributed by atoms with Gasteiger partial charge in [0.15, 0.2) is 0 Å². The molecule has 1 aromatic carbocycles. The van der Waals surface area contributed by atoms with Crippen LogP contribution in [0.2, 0.25) is 5.02 Å². The highest BCUT2D eigenvalue weighted by Crippen LogP contribution is 2.30. The molecule has 20 heavy (non-hydrogen) atoms. The molecule has 0 aliphatic carbocycles. The number of halogens is 2. The number of aromatic nitrogens is 2. The van der Waals surface area contributed by atoms with Gasteiger partial charge in [0.05, 0.1) is 11.2 Å². The van der Waals surface area contributed by atoms with E-state index in [1.165, 1.54) is 0 Å². The lowest BCUT2D eigenvalue weighted by molar-refractivity contribution is 0.467. The predicted octanol–water partition coefficient (Wildman–Crippen LogP) is 4.81. The first-order chi connectivity index (χ1) is 9.78. The number of rotatable bonds is 3. The first-order valence-electron chi connectivity index (χ1n) is 5.99. The Morgan fingerprint density at radius 2 is 1.85 bits per heavy atom. The van der Waals surface area contributed by atoms with Crippen molar-refractivity contribution < 1.29 is 4.74 Å². The van der Waals surface area contributed by atoms with Crippen molar-refractivity contribution >= 4 is 34.0 Å². The highest BCUT2D eigenvalue weighted by molar-refractivity contribution is 6.30. The third-order valence-electron chi connectivity index (χ3n) is 2.88. The second-order valence-corrected chi connectivity index (χ2v) is 4.91. The molecule has 3 nitrogen and oxygen atoms in total. The molecule has 0 unspecified atom stereocenters. The van der Waals surface area contributed by atoms with Crippen molar-refractivity contribution in [3.8, 4) is 11.6 Å². The quantitative estimate of drug-likeness (QED) is 0.651. The summed E-state index contributed by atoms with van der Waals surface area (Å²) in [5, 5.41) is 2.46. The predicted molar refractivity (Wildman–Crippen MR) is 80.6 cm³/mol. The number of ether oxygens (including phenoxy) is 1. The minimum absolute atomic E-state index is 0.409. The van der Waals surface area contributed by atoms with Crippen molar-refractivity contribution in [2.24, 2.45) is 0 Å². The standard InChI is InChI=1S/C15H10Cl2N2O/c16-6-10-7-19-15(14-4-2-1-3-13(10)14)20-12-5-11(17)8-18-9-12/h1-5,7-9H,6H2. The molecule has 0 aliphatic heterocycles. The Bertz CT molecular complexity index is 762. The minimum Gasteiger partial charge on any atom is -0.437 e. The fourth-order valence-electron chi connectivity index (χ4n) is 1.97. The molecule has 0 N–H and O–H groups in total. The van der Waals surface area contributed by atoms with Gasteiger partial charge in [-0.1, -0.05) is 29.8 Å². The van der Waals surface area contributed by atoms with Crippen LogP contribution in [-0.4, -0.2) is 9.97 Å². The number of benzene rings is 1. The van der Waals surface area contributed by atoms with E-state index < -0.39 is 0 Å². The highest BCUT2D eigenvalue weighted by atomic mass is 35.5. The van der Waals surface area contributed by atoms with Gasteiger partial charge >= 0.3 is 0 Å². The zero-order chi connectivity index (χ0) is 13.9. The number of hydrogen-bond acceptors (Lipinski definition) is 3. The van der Waals surface area contributed by atoms with Crippen LogP contribution in [0.5, 0.6) is 11.6 Å². The van der Waals surface area contributed by atoms with Gasteiger partial charge in [-0.15, -0.1) is 11.6 Å². The molecule has 0 saturated carbocycles. The lowest BCUT2D eigenvalue weighted by Crippen LogP contribution is -1.93. The molecule has 0 aliphatic rings. The topological polar surface area (TPSA) is 35.0 Å². The molecular weight excluding hydrogens is 295 g/mol. The van der Waals surface area contributed by atoms with E-state index in [9.17, 15) is 0 Å². The first-order valence-corrected chi connectivity index (χ1v) is 6.90. The monoisotopic (exact) mass is 304 g/mol. The number of pyridine rings is 2. The van der Waals surface area contributed by atoms with E-state index in [1.807, 2.05) is 24.3 Å². The fraction of sp³-hybridized carbons (Fsp3) is 0.0667. The first kappa shape index (κ1) is 13.2. The van der Waals surface area contributed by atoms with Gasteiger partial charge < -0.3 is 4.74 Å². The fourth-order valence-corrected chi connectivity index (χ4v) is 2.35. The van der Waals surface area contributed by atoms with Gasteiger partial charge in [0, 0.05) is 29.7 Å². The Morgan fingerprint density at radius 3 is 2.60 bits per heavy atom. The van der Waals surface area contributed by atoms with Crippen molar-refractivity contribution in [3.05, 3.63) is 59.5 Å². The van der Waals surface area contributed by atoms with Gasteiger partial charge in [-0.25, -0.2) is 4.98 Å². The summed E-state index contributed by atoms with van der Waals surface area (Å²) in [7, 11) is 0. The Kier molecular flexibility index (Phi) is 3.72. The molecule has 0 radical (unpaired) electrons. The third-order valence-corrected chi connectivity index (χ3v) is 3.37. The average molecular weight is 305 g/mol. The van der Waals surface area contributed by atoms with Gasteiger partial charge in [-0.2, -0.15) is 0 Å². The molecule has 100 valence electrons.